The first-order valence-corrected chi connectivity index (χ1v) is 8.46. The molecule has 3 N–H and O–H groups in total. The number of aromatic amines is 1. The summed E-state index contributed by atoms with van der Waals surface area (Å²) in [7, 11) is 0. The highest BCUT2D eigenvalue weighted by molar-refractivity contribution is 6.03. The molecule has 0 saturated carbocycles. The second kappa shape index (κ2) is 6.91. The summed E-state index contributed by atoms with van der Waals surface area (Å²) < 4.78 is 1.13. The summed E-state index contributed by atoms with van der Waals surface area (Å²) in [6.07, 6.45) is 3.79. The highest BCUT2D eigenvalue weighted by atomic mass is 16.3. The van der Waals surface area contributed by atoms with Gasteiger partial charge < -0.3 is 10.5 Å². The van der Waals surface area contributed by atoms with Gasteiger partial charge in [0.25, 0.3) is 5.56 Å². The zero-order valence-electron chi connectivity index (χ0n) is 14.3. The van der Waals surface area contributed by atoms with Gasteiger partial charge in [0.05, 0.1) is 18.3 Å². The van der Waals surface area contributed by atoms with Crippen LogP contribution in [0.15, 0.2) is 69.5 Å². The molecule has 2 aromatic heterocycles. The van der Waals surface area contributed by atoms with Crippen molar-refractivity contribution < 1.29 is 5.11 Å². The normalized spacial score (nSPS) is 16.0. The Hall–Kier alpha value is -3.68. The number of hydrazone groups is 1. The van der Waals surface area contributed by atoms with Crippen LogP contribution in [0, 0.1) is 0 Å². The Kier molecular flexibility index (Phi) is 4.29. The Bertz CT molecular complexity index is 1100. The minimum Gasteiger partial charge on any atom is -0.494 e. The first-order valence-electron chi connectivity index (χ1n) is 8.46. The second-order valence-electron chi connectivity index (χ2n) is 6.26. The molecule has 1 atom stereocenters. The van der Waals surface area contributed by atoms with Crippen molar-refractivity contribution in [3.05, 3.63) is 92.4 Å². The number of nitrogens with one attached hydrogen (secondary N) is 2. The number of rotatable bonds is 4. The largest absolute Gasteiger partial charge is 0.494 e. The van der Waals surface area contributed by atoms with Gasteiger partial charge in [0.1, 0.15) is 5.56 Å². The number of benzene rings is 1. The molecule has 0 amide bonds. The third-order valence-corrected chi connectivity index (χ3v) is 4.48. The fourth-order valence-electron chi connectivity index (χ4n) is 3.11. The van der Waals surface area contributed by atoms with Crippen LogP contribution in [0.2, 0.25) is 0 Å². The third kappa shape index (κ3) is 3.24. The number of aromatic nitrogens is 3. The molecule has 1 aliphatic rings. The van der Waals surface area contributed by atoms with Crippen LogP contribution in [0.25, 0.3) is 0 Å². The molecule has 0 spiro atoms. The van der Waals surface area contributed by atoms with Crippen LogP contribution >= 0.6 is 0 Å². The number of H-pyrrole nitrogens is 1. The van der Waals surface area contributed by atoms with Gasteiger partial charge in [-0.1, -0.05) is 36.4 Å². The quantitative estimate of drug-likeness (QED) is 0.643. The Morgan fingerprint density at radius 3 is 2.70 bits per heavy atom. The molecule has 4 rings (SSSR count). The standard InChI is InChI=1S/C19H17N5O3/c25-17-16(15-9-14(22-23-15)13-7-4-8-20-10-13)18(26)24(19(27)21-17)11-12-5-2-1-3-6-12/h1-8,10,14,22,26H,9,11H2,(H,21,25,27)/t14-/m1/s1. The van der Waals surface area contributed by atoms with Crippen molar-refractivity contribution in [1.29, 1.82) is 0 Å². The zero-order chi connectivity index (χ0) is 18.8. The molecule has 1 aliphatic heterocycles. The lowest BCUT2D eigenvalue weighted by Crippen LogP contribution is -2.34. The second-order valence-corrected chi connectivity index (χ2v) is 6.26. The fraction of sp³-hybridized carbons (Fsp3) is 0.158. The fourth-order valence-corrected chi connectivity index (χ4v) is 3.11. The predicted molar refractivity (Wildman–Crippen MR) is 99.8 cm³/mol. The van der Waals surface area contributed by atoms with Crippen molar-refractivity contribution in [2.24, 2.45) is 5.10 Å². The number of hydrogen-bond donors (Lipinski definition) is 3. The Morgan fingerprint density at radius 2 is 1.96 bits per heavy atom. The molecule has 27 heavy (non-hydrogen) atoms. The zero-order valence-corrected chi connectivity index (χ0v) is 14.3. The van der Waals surface area contributed by atoms with E-state index in [9.17, 15) is 14.7 Å². The third-order valence-electron chi connectivity index (χ3n) is 4.48. The molecule has 3 heterocycles. The summed E-state index contributed by atoms with van der Waals surface area (Å²) in [5, 5.41) is 14.9. The maximum atomic E-state index is 12.3. The summed E-state index contributed by atoms with van der Waals surface area (Å²) in [4.78, 5) is 30.9. The molecule has 3 aromatic rings. The van der Waals surface area contributed by atoms with Crippen molar-refractivity contribution in [2.45, 2.75) is 19.0 Å². The molecular weight excluding hydrogens is 346 g/mol. The van der Waals surface area contributed by atoms with Crippen molar-refractivity contribution in [1.82, 2.24) is 20.0 Å². The minimum atomic E-state index is -0.666. The molecule has 0 radical (unpaired) electrons. The lowest BCUT2D eigenvalue weighted by molar-refractivity contribution is 0.408. The maximum Gasteiger partial charge on any atom is 0.331 e. The Morgan fingerprint density at radius 1 is 1.15 bits per heavy atom. The van der Waals surface area contributed by atoms with Crippen LogP contribution in [0.4, 0.5) is 0 Å². The van der Waals surface area contributed by atoms with Gasteiger partial charge in [-0.15, -0.1) is 0 Å². The monoisotopic (exact) mass is 363 g/mol. The van der Waals surface area contributed by atoms with Crippen molar-refractivity contribution in [2.75, 3.05) is 0 Å². The summed E-state index contributed by atoms with van der Waals surface area (Å²) >= 11 is 0. The van der Waals surface area contributed by atoms with Crippen LogP contribution in [0.3, 0.4) is 0 Å². The highest BCUT2D eigenvalue weighted by Crippen LogP contribution is 2.25. The van der Waals surface area contributed by atoms with Gasteiger partial charge in [0.2, 0.25) is 5.88 Å². The minimum absolute atomic E-state index is 0.00409. The first kappa shape index (κ1) is 16.8. The Balaban J connectivity index is 1.68. The van der Waals surface area contributed by atoms with E-state index in [-0.39, 0.29) is 24.0 Å². The van der Waals surface area contributed by atoms with Crippen LogP contribution in [0.1, 0.15) is 29.2 Å². The molecule has 0 saturated heterocycles. The first-order chi connectivity index (χ1) is 13.1. The van der Waals surface area contributed by atoms with E-state index in [0.717, 1.165) is 15.7 Å². The summed E-state index contributed by atoms with van der Waals surface area (Å²) in [5.74, 6) is -0.389. The number of nitrogens with zero attached hydrogens (tertiary/aromatic N) is 3. The van der Waals surface area contributed by atoms with E-state index in [2.05, 4.69) is 20.5 Å². The van der Waals surface area contributed by atoms with E-state index in [1.807, 2.05) is 42.5 Å². The number of hydrogen-bond acceptors (Lipinski definition) is 6. The van der Waals surface area contributed by atoms with E-state index in [4.69, 9.17) is 0 Å². The van der Waals surface area contributed by atoms with Gasteiger partial charge in [0.15, 0.2) is 0 Å². The van der Waals surface area contributed by atoms with E-state index in [1.54, 1.807) is 12.4 Å². The summed E-state index contributed by atoms with van der Waals surface area (Å²) in [6, 6.07) is 12.8. The van der Waals surface area contributed by atoms with Crippen molar-refractivity contribution >= 4 is 5.71 Å². The SMILES string of the molecule is O=c1[nH]c(=O)n(Cc2ccccc2)c(O)c1C1=NN[C@@H](c2cccnc2)C1. The summed E-state index contributed by atoms with van der Waals surface area (Å²) in [5.41, 5.74) is 3.78. The van der Waals surface area contributed by atoms with Crippen LogP contribution in [-0.4, -0.2) is 25.4 Å². The molecule has 8 nitrogen and oxygen atoms in total. The van der Waals surface area contributed by atoms with E-state index in [0.29, 0.717) is 12.1 Å². The Labute approximate surface area is 153 Å². The lowest BCUT2D eigenvalue weighted by Gasteiger charge is -2.12. The number of aromatic hydroxyl groups is 1. The van der Waals surface area contributed by atoms with Crippen LogP contribution < -0.4 is 16.7 Å². The van der Waals surface area contributed by atoms with Crippen LogP contribution in [-0.2, 0) is 6.54 Å². The van der Waals surface area contributed by atoms with Gasteiger partial charge in [-0.2, -0.15) is 5.10 Å². The molecule has 0 aliphatic carbocycles. The summed E-state index contributed by atoms with van der Waals surface area (Å²) in [6.45, 7) is 0.141. The average molecular weight is 363 g/mol. The molecule has 0 fully saturated rings. The molecule has 136 valence electrons. The van der Waals surface area contributed by atoms with Gasteiger partial charge in [-0.25, -0.2) is 4.79 Å². The molecular formula is C19H17N5O3. The smallest absolute Gasteiger partial charge is 0.331 e. The van der Waals surface area contributed by atoms with Gasteiger partial charge >= 0.3 is 5.69 Å². The average Bonchev–Trinajstić information content (AvgIpc) is 3.16. The van der Waals surface area contributed by atoms with Crippen molar-refractivity contribution in [3.63, 3.8) is 0 Å². The van der Waals surface area contributed by atoms with Gasteiger partial charge in [-0.3, -0.25) is 19.3 Å². The van der Waals surface area contributed by atoms with Gasteiger partial charge in [0, 0.05) is 18.8 Å². The molecule has 8 heteroatoms. The molecule has 1 aromatic carbocycles. The number of pyridine rings is 1. The van der Waals surface area contributed by atoms with Gasteiger partial charge in [-0.05, 0) is 17.2 Å². The lowest BCUT2D eigenvalue weighted by atomic mass is 10.0. The van der Waals surface area contributed by atoms with E-state index in [1.165, 1.54) is 0 Å². The molecule has 0 unspecified atom stereocenters. The van der Waals surface area contributed by atoms with E-state index < -0.39 is 11.2 Å². The van der Waals surface area contributed by atoms with Crippen LogP contribution in [0.5, 0.6) is 5.88 Å². The van der Waals surface area contributed by atoms with E-state index >= 15 is 0 Å². The topological polar surface area (TPSA) is 112 Å². The predicted octanol–water partition coefficient (Wildman–Crippen LogP) is 1.12. The van der Waals surface area contributed by atoms with Crippen molar-refractivity contribution in [3.8, 4) is 5.88 Å². The maximum absolute atomic E-state index is 12.3. The molecule has 0 bridgehead atoms. The highest BCUT2D eigenvalue weighted by Gasteiger charge is 2.27.